The highest BCUT2D eigenvalue weighted by Crippen LogP contribution is 2.39. The number of phenols is 1. The third kappa shape index (κ3) is 5.66. The van der Waals surface area contributed by atoms with Crippen molar-refractivity contribution in [3.8, 4) is 11.5 Å². The summed E-state index contributed by atoms with van der Waals surface area (Å²) in [5.41, 5.74) is 0.598. The number of allylic oxidation sites excluding steroid dienone is 2. The van der Waals surface area contributed by atoms with Crippen LogP contribution in [0.15, 0.2) is 59.3 Å². The molecule has 1 unspecified atom stereocenters. The first-order valence-electron chi connectivity index (χ1n) is 13.0. The number of phenolic OH excluding ortho intramolecular Hbond substituents is 1. The predicted octanol–water partition coefficient (Wildman–Crippen LogP) is -1.92. The zero-order chi connectivity index (χ0) is 30.3. The van der Waals surface area contributed by atoms with Gasteiger partial charge in [-0.3, -0.25) is 0 Å². The van der Waals surface area contributed by atoms with Crippen molar-refractivity contribution in [1.82, 2.24) is 0 Å². The van der Waals surface area contributed by atoms with Crippen molar-refractivity contribution in [3.63, 3.8) is 0 Å². The third-order valence-corrected chi connectivity index (χ3v) is 7.28. The van der Waals surface area contributed by atoms with Gasteiger partial charge in [-0.15, -0.1) is 0 Å². The van der Waals surface area contributed by atoms with E-state index in [1.807, 2.05) is 0 Å². The Balaban J connectivity index is 1.54. The monoisotopic (exact) mass is 597 g/mol. The highest BCUT2D eigenvalue weighted by molar-refractivity contribution is 5.69. The van der Waals surface area contributed by atoms with E-state index in [2.05, 4.69) is 4.74 Å². The summed E-state index contributed by atoms with van der Waals surface area (Å²) in [6, 6.07) is 4.32. The Morgan fingerprint density at radius 3 is 2.43 bits per heavy atom. The molecule has 15 heteroatoms. The molecule has 2 saturated heterocycles. The van der Waals surface area contributed by atoms with Crippen LogP contribution in [0.2, 0.25) is 0 Å². The van der Waals surface area contributed by atoms with E-state index in [0.717, 1.165) is 6.08 Å². The summed E-state index contributed by atoms with van der Waals surface area (Å²) >= 11 is 0. The molecular formula is C27H33O15+. The lowest BCUT2D eigenvalue weighted by Crippen LogP contribution is -2.63. The van der Waals surface area contributed by atoms with Crippen LogP contribution in [0.4, 0.5) is 0 Å². The molecule has 230 valence electrons. The van der Waals surface area contributed by atoms with E-state index in [-0.39, 0.29) is 40.1 Å². The second-order valence-electron chi connectivity index (χ2n) is 10.1. The van der Waals surface area contributed by atoms with Crippen molar-refractivity contribution >= 4 is 5.76 Å². The Bertz CT molecular complexity index is 1290. The second-order valence-corrected chi connectivity index (χ2v) is 10.1. The first kappa shape index (κ1) is 30.1. The number of hydrogen-bond acceptors (Lipinski definition) is 14. The molecule has 3 aliphatic heterocycles. The third-order valence-electron chi connectivity index (χ3n) is 7.28. The maximum Gasteiger partial charge on any atom is 0.305 e. The van der Waals surface area contributed by atoms with Crippen LogP contribution in [-0.2, 0) is 18.9 Å². The topological polar surface area (TPSA) is 241 Å². The molecule has 3 heterocycles. The van der Waals surface area contributed by atoms with Crippen molar-refractivity contribution in [2.24, 2.45) is 0 Å². The molecule has 0 saturated carbocycles. The lowest BCUT2D eigenvalue weighted by Gasteiger charge is -2.44. The molecule has 0 aromatic heterocycles. The Morgan fingerprint density at radius 1 is 0.952 bits per heavy atom. The first-order valence-corrected chi connectivity index (χ1v) is 13.0. The van der Waals surface area contributed by atoms with Gasteiger partial charge in [0.1, 0.15) is 48.1 Å². The molecule has 4 aliphatic rings. The van der Waals surface area contributed by atoms with Crippen LogP contribution >= 0.6 is 0 Å². The zero-order valence-electron chi connectivity index (χ0n) is 22.2. The summed E-state index contributed by atoms with van der Waals surface area (Å²) in [6.45, 7) is -1.13. The zero-order valence-corrected chi connectivity index (χ0v) is 22.2. The van der Waals surface area contributed by atoms with Crippen LogP contribution in [0, 0.1) is 0 Å². The number of ether oxygens (including phenoxy) is 6. The number of benzene rings is 1. The fourth-order valence-electron chi connectivity index (χ4n) is 4.96. The van der Waals surface area contributed by atoms with Crippen molar-refractivity contribution in [2.45, 2.75) is 61.4 Å². The highest BCUT2D eigenvalue weighted by atomic mass is 16.8. The molecule has 1 aromatic rings. The van der Waals surface area contributed by atoms with E-state index < -0.39 is 74.6 Å². The number of aliphatic hydroxyl groups excluding tert-OH is 8. The first-order chi connectivity index (χ1) is 20.0. The lowest BCUT2D eigenvalue weighted by atomic mass is 9.96. The second kappa shape index (κ2) is 12.1. The minimum atomic E-state index is -1.76. The standard InChI is InChI=1S/C27H32O15/c1-37-17-4-10(2-3-13(17)30)24-18(7-12-14(31)5-11(29)6-16(12)39-24)40-27-25(22(35)21(34)19(8-28)41-27)42-26-23(36)20(33)15(32)9-38-26/h2-7,15-16,19-23,25-36H,8-9H2,1H3/p+1/t15-,16?,19-,20+,21-,22+,23-,25-,26+,27-/m1/s1. The molecular weight excluding hydrogens is 564 g/mol. The molecule has 1 aliphatic carbocycles. The van der Waals surface area contributed by atoms with Gasteiger partial charge in [0.2, 0.25) is 18.2 Å². The van der Waals surface area contributed by atoms with Gasteiger partial charge in [-0.05, 0) is 12.1 Å². The largest absolute Gasteiger partial charge is 0.571 e. The fourth-order valence-corrected chi connectivity index (χ4v) is 4.96. The van der Waals surface area contributed by atoms with E-state index in [4.69, 9.17) is 23.7 Å². The Labute approximate surface area is 238 Å². The molecule has 5 rings (SSSR count). The van der Waals surface area contributed by atoms with Crippen molar-refractivity contribution < 1.29 is 74.4 Å². The van der Waals surface area contributed by atoms with Crippen LogP contribution in [0.1, 0.15) is 5.56 Å². The van der Waals surface area contributed by atoms with Gasteiger partial charge < -0.3 is 74.4 Å². The smallest absolute Gasteiger partial charge is 0.305 e. The highest BCUT2D eigenvalue weighted by Gasteiger charge is 2.50. The summed E-state index contributed by atoms with van der Waals surface area (Å²) in [6.07, 6.45) is -11.3. The summed E-state index contributed by atoms with van der Waals surface area (Å²) in [4.78, 5) is 0. The van der Waals surface area contributed by atoms with Gasteiger partial charge in [0.25, 0.3) is 0 Å². The normalized spacial score (nSPS) is 36.7. The average molecular weight is 598 g/mol. The van der Waals surface area contributed by atoms with Crippen molar-refractivity contribution in [1.29, 1.82) is 0 Å². The SMILES string of the molecule is COc1cc(C2=C(O[C@@H]3O[C@H](CO)[C@@H](O)[C@H](O)[C@H]3O[C@@H]3OC[C@@H](O)[C@H](O)[C@H]3O)C=C3C(O)=CC(O)=CC3[OH+]2)ccc1O. The number of aliphatic hydroxyl groups is 10. The Hall–Kier alpha value is -3.38. The van der Waals surface area contributed by atoms with Crippen molar-refractivity contribution in [3.05, 3.63) is 64.8 Å². The molecule has 10 atom stereocenters. The van der Waals surface area contributed by atoms with Gasteiger partial charge >= 0.3 is 5.76 Å². The van der Waals surface area contributed by atoms with Gasteiger partial charge in [0, 0.05) is 18.2 Å². The van der Waals surface area contributed by atoms with E-state index in [1.165, 1.54) is 37.5 Å². The van der Waals surface area contributed by atoms with Crippen LogP contribution in [0.25, 0.3) is 5.76 Å². The predicted molar refractivity (Wildman–Crippen MR) is 139 cm³/mol. The number of rotatable bonds is 7. The van der Waals surface area contributed by atoms with Crippen molar-refractivity contribution in [2.75, 3.05) is 20.3 Å². The maximum absolute atomic E-state index is 10.9. The lowest BCUT2D eigenvalue weighted by molar-refractivity contribution is -0.351. The number of methoxy groups -OCH3 is 1. The number of fused-ring (bicyclic) bond motifs is 1. The molecule has 0 radical (unpaired) electrons. The Morgan fingerprint density at radius 2 is 1.71 bits per heavy atom. The summed E-state index contributed by atoms with van der Waals surface area (Å²) in [5.74, 6) is -0.500. The van der Waals surface area contributed by atoms with E-state index in [1.54, 1.807) is 0 Å². The summed E-state index contributed by atoms with van der Waals surface area (Å²) in [7, 11) is 1.35. The van der Waals surface area contributed by atoms with Gasteiger partial charge in [0.05, 0.1) is 37.5 Å². The molecule has 0 bridgehead atoms. The molecule has 1 aromatic carbocycles. The Kier molecular flexibility index (Phi) is 8.66. The van der Waals surface area contributed by atoms with Crippen LogP contribution < -0.4 is 4.74 Å². The van der Waals surface area contributed by atoms with E-state index in [9.17, 15) is 46.0 Å². The maximum atomic E-state index is 10.9. The van der Waals surface area contributed by atoms with Gasteiger partial charge in [-0.2, -0.15) is 0 Å². The summed E-state index contributed by atoms with van der Waals surface area (Å²) in [5, 5.41) is 92.1. The molecule has 2 fully saturated rings. The van der Waals surface area contributed by atoms with Crippen LogP contribution in [0.5, 0.6) is 11.5 Å². The fraction of sp³-hybridized carbons (Fsp3) is 0.481. The quantitative estimate of drug-likeness (QED) is 0.156. The number of aromatic hydroxyl groups is 1. The molecule has 10 N–H and O–H groups in total. The molecule has 0 amide bonds. The van der Waals surface area contributed by atoms with Crippen LogP contribution in [0.3, 0.4) is 0 Å². The molecule has 0 spiro atoms. The van der Waals surface area contributed by atoms with E-state index in [0.29, 0.717) is 5.56 Å². The average Bonchev–Trinajstić information content (AvgIpc) is 2.97. The van der Waals surface area contributed by atoms with Gasteiger partial charge in [0.15, 0.2) is 23.9 Å². The minimum absolute atomic E-state index is 0.0526. The van der Waals surface area contributed by atoms with Gasteiger partial charge in [-0.1, -0.05) is 0 Å². The van der Waals surface area contributed by atoms with E-state index >= 15 is 0 Å². The minimum Gasteiger partial charge on any atom is -0.571 e. The number of hydrogen-bond donors (Lipinski definition) is 9. The molecule has 15 nitrogen and oxygen atoms in total. The van der Waals surface area contributed by atoms with Crippen LogP contribution in [-0.4, -0.2) is 132 Å². The molecule has 42 heavy (non-hydrogen) atoms. The summed E-state index contributed by atoms with van der Waals surface area (Å²) < 4.78 is 32.7. The van der Waals surface area contributed by atoms with Gasteiger partial charge in [-0.25, -0.2) is 0 Å².